The Morgan fingerprint density at radius 1 is 1.25 bits per heavy atom. The van der Waals surface area contributed by atoms with Gasteiger partial charge in [-0.05, 0) is 31.0 Å². The summed E-state index contributed by atoms with van der Waals surface area (Å²) in [6.07, 6.45) is 1.16. The first kappa shape index (κ1) is 25.8. The number of halogens is 2. The standard InChI is InChI=1S/C22H22F2N5O6P/c23-22(24)11-29(20(30)10-34-36(32)33)6-5-18(22)35-17-4-3-14(7-15(17)9-25)16-8-19(27-12-26-16)28-21(31)13-1-2-13/h3-4,7-8,12-13,18,32-33H,1-2,5-6,10-11H2,(H,26,27,28,31). The van der Waals surface area contributed by atoms with Crippen molar-refractivity contribution in [1.82, 2.24) is 14.9 Å². The van der Waals surface area contributed by atoms with Crippen molar-refractivity contribution in [2.24, 2.45) is 5.92 Å². The summed E-state index contributed by atoms with van der Waals surface area (Å²) < 4.78 is 39.4. The molecule has 2 aromatic rings. The van der Waals surface area contributed by atoms with Gasteiger partial charge in [-0.25, -0.2) is 18.7 Å². The second-order valence-corrected chi connectivity index (χ2v) is 9.14. The van der Waals surface area contributed by atoms with Crippen molar-refractivity contribution in [2.45, 2.75) is 31.3 Å². The molecule has 4 rings (SSSR count). The Morgan fingerprint density at radius 3 is 2.69 bits per heavy atom. The third-order valence-electron chi connectivity index (χ3n) is 5.72. The van der Waals surface area contributed by atoms with E-state index in [1.165, 1.54) is 18.5 Å². The molecule has 0 spiro atoms. The highest BCUT2D eigenvalue weighted by Gasteiger charge is 2.48. The summed E-state index contributed by atoms with van der Waals surface area (Å²) in [5.41, 5.74) is 0.938. The maximum absolute atomic E-state index is 14.8. The van der Waals surface area contributed by atoms with Crippen LogP contribution < -0.4 is 10.1 Å². The lowest BCUT2D eigenvalue weighted by Crippen LogP contribution is -2.55. The lowest BCUT2D eigenvalue weighted by molar-refractivity contribution is -0.161. The smallest absolute Gasteiger partial charge is 0.327 e. The van der Waals surface area contributed by atoms with Crippen LogP contribution in [0.1, 0.15) is 24.8 Å². The molecule has 1 aliphatic carbocycles. The van der Waals surface area contributed by atoms with Crippen LogP contribution in [-0.4, -0.2) is 68.2 Å². The zero-order chi connectivity index (χ0) is 25.9. The minimum Gasteiger partial charge on any atom is -0.483 e. The molecule has 11 nitrogen and oxygen atoms in total. The SMILES string of the molecule is N#Cc1cc(-c2cc(NC(=O)C3CC3)ncn2)ccc1OC1CCN(C(=O)COP(O)O)CC1(F)F. The number of hydrogen-bond acceptors (Lipinski definition) is 9. The van der Waals surface area contributed by atoms with Crippen molar-refractivity contribution >= 4 is 26.2 Å². The van der Waals surface area contributed by atoms with Gasteiger partial charge in [0.2, 0.25) is 11.8 Å². The molecule has 2 fully saturated rings. The van der Waals surface area contributed by atoms with Crippen LogP contribution in [0.3, 0.4) is 0 Å². The van der Waals surface area contributed by atoms with E-state index in [1.807, 2.05) is 6.07 Å². The molecule has 2 heterocycles. The summed E-state index contributed by atoms with van der Waals surface area (Å²) in [5.74, 6) is -4.08. The zero-order valence-electron chi connectivity index (χ0n) is 18.8. The largest absolute Gasteiger partial charge is 0.483 e. The predicted octanol–water partition coefficient (Wildman–Crippen LogP) is 2.21. The van der Waals surface area contributed by atoms with Crippen LogP contribution in [0, 0.1) is 17.2 Å². The van der Waals surface area contributed by atoms with E-state index in [2.05, 4.69) is 19.8 Å². The Hall–Kier alpha value is -3.30. The summed E-state index contributed by atoms with van der Waals surface area (Å²) in [6.45, 7) is -1.73. The normalized spacial score (nSPS) is 19.0. The quantitative estimate of drug-likeness (QED) is 0.443. The molecule has 1 aromatic heterocycles. The zero-order valence-corrected chi connectivity index (χ0v) is 19.7. The second-order valence-electron chi connectivity index (χ2n) is 8.37. The molecule has 1 saturated carbocycles. The molecule has 1 atom stereocenters. The van der Waals surface area contributed by atoms with Crippen LogP contribution in [0.5, 0.6) is 5.75 Å². The number of hydrogen-bond donors (Lipinski definition) is 3. The van der Waals surface area contributed by atoms with Crippen LogP contribution in [0.15, 0.2) is 30.6 Å². The molecule has 0 radical (unpaired) electrons. The van der Waals surface area contributed by atoms with Crippen molar-refractivity contribution < 1.29 is 37.4 Å². The van der Waals surface area contributed by atoms with Crippen LogP contribution in [-0.2, 0) is 14.1 Å². The summed E-state index contributed by atoms with van der Waals surface area (Å²) in [7, 11) is -2.77. The summed E-state index contributed by atoms with van der Waals surface area (Å²) in [4.78, 5) is 50.5. The lowest BCUT2D eigenvalue weighted by atomic mass is 10.0. The van der Waals surface area contributed by atoms with Gasteiger partial charge < -0.3 is 29.3 Å². The van der Waals surface area contributed by atoms with Gasteiger partial charge in [0.15, 0.2) is 6.10 Å². The molecule has 1 aliphatic heterocycles. The number of likely N-dealkylation sites (tertiary alicyclic amines) is 1. The fraction of sp³-hybridized carbons (Fsp3) is 0.409. The highest BCUT2D eigenvalue weighted by molar-refractivity contribution is 7.39. The summed E-state index contributed by atoms with van der Waals surface area (Å²) in [5, 5.41) is 12.3. The lowest BCUT2D eigenvalue weighted by Gasteiger charge is -2.38. The molecule has 3 N–H and O–H groups in total. The number of piperidine rings is 1. The number of rotatable bonds is 8. The fourth-order valence-electron chi connectivity index (χ4n) is 3.67. The minimum atomic E-state index is -3.43. The number of carbonyl (C=O) groups excluding carboxylic acids is 2. The molecular formula is C22H22F2N5O6P. The molecule has 2 aliphatic rings. The molecule has 36 heavy (non-hydrogen) atoms. The van der Waals surface area contributed by atoms with Crippen LogP contribution in [0.25, 0.3) is 11.3 Å². The van der Waals surface area contributed by atoms with Gasteiger partial charge in [0.1, 0.15) is 30.6 Å². The van der Waals surface area contributed by atoms with Gasteiger partial charge in [-0.15, -0.1) is 0 Å². The number of ether oxygens (including phenoxy) is 1. The van der Waals surface area contributed by atoms with Crippen LogP contribution in [0.2, 0.25) is 0 Å². The number of amides is 2. The highest BCUT2D eigenvalue weighted by atomic mass is 31.2. The number of nitriles is 1. The Kier molecular flexibility index (Phi) is 7.70. The van der Waals surface area contributed by atoms with Crippen molar-refractivity contribution in [3.05, 3.63) is 36.2 Å². The molecule has 2 amide bonds. The number of benzene rings is 1. The van der Waals surface area contributed by atoms with Gasteiger partial charge in [-0.2, -0.15) is 5.26 Å². The third-order valence-corrected chi connectivity index (χ3v) is 6.08. The summed E-state index contributed by atoms with van der Waals surface area (Å²) in [6, 6.07) is 7.89. The van der Waals surface area contributed by atoms with Crippen molar-refractivity contribution in [3.63, 3.8) is 0 Å². The van der Waals surface area contributed by atoms with E-state index in [9.17, 15) is 23.6 Å². The number of nitrogens with zero attached hydrogens (tertiary/aromatic N) is 4. The Morgan fingerprint density at radius 2 is 2.03 bits per heavy atom. The van der Waals surface area contributed by atoms with Gasteiger partial charge in [-0.3, -0.25) is 9.59 Å². The summed E-state index contributed by atoms with van der Waals surface area (Å²) >= 11 is 0. The maximum Gasteiger partial charge on any atom is 0.327 e. The van der Waals surface area contributed by atoms with Crippen LogP contribution >= 0.6 is 8.60 Å². The molecule has 190 valence electrons. The third kappa shape index (κ3) is 6.27. The Balaban J connectivity index is 1.44. The van der Waals surface area contributed by atoms with E-state index in [-0.39, 0.29) is 36.1 Å². The van der Waals surface area contributed by atoms with Crippen molar-refractivity contribution in [3.8, 4) is 23.1 Å². The monoisotopic (exact) mass is 521 g/mol. The number of anilines is 1. The van der Waals surface area contributed by atoms with Gasteiger partial charge in [0.25, 0.3) is 0 Å². The number of alkyl halides is 2. The molecule has 1 aromatic carbocycles. The van der Waals surface area contributed by atoms with Gasteiger partial charge >= 0.3 is 14.5 Å². The van der Waals surface area contributed by atoms with E-state index >= 15 is 0 Å². The number of nitrogens with one attached hydrogen (secondary N) is 1. The van der Waals surface area contributed by atoms with E-state index in [0.29, 0.717) is 17.1 Å². The molecular weight excluding hydrogens is 499 g/mol. The van der Waals surface area contributed by atoms with Crippen molar-refractivity contribution in [1.29, 1.82) is 5.26 Å². The van der Waals surface area contributed by atoms with Gasteiger partial charge in [-0.1, -0.05) is 0 Å². The predicted molar refractivity (Wildman–Crippen MR) is 121 cm³/mol. The average molecular weight is 521 g/mol. The first-order valence-electron chi connectivity index (χ1n) is 11.0. The molecule has 1 saturated heterocycles. The maximum atomic E-state index is 14.8. The molecule has 14 heteroatoms. The van der Waals surface area contributed by atoms with Crippen molar-refractivity contribution in [2.75, 3.05) is 25.0 Å². The topological polar surface area (TPSA) is 158 Å². The Labute approximate surface area is 205 Å². The van der Waals surface area contributed by atoms with E-state index in [1.54, 1.807) is 12.1 Å². The minimum absolute atomic E-state index is 0.00398. The first-order valence-corrected chi connectivity index (χ1v) is 12.1. The average Bonchev–Trinajstić information content (AvgIpc) is 3.69. The number of carbonyl (C=O) groups is 2. The van der Waals surface area contributed by atoms with E-state index < -0.39 is 39.7 Å². The Bertz CT molecular complexity index is 1190. The van der Waals surface area contributed by atoms with Gasteiger partial charge in [0, 0.05) is 30.5 Å². The van der Waals surface area contributed by atoms with Gasteiger partial charge in [0.05, 0.1) is 17.8 Å². The first-order chi connectivity index (χ1) is 17.2. The number of aromatic nitrogens is 2. The van der Waals surface area contributed by atoms with E-state index in [0.717, 1.165) is 17.7 Å². The van der Waals surface area contributed by atoms with E-state index in [4.69, 9.17) is 14.5 Å². The molecule has 0 bridgehead atoms. The second kappa shape index (κ2) is 10.8. The fourth-order valence-corrected chi connectivity index (χ4v) is 3.90. The highest BCUT2D eigenvalue weighted by Crippen LogP contribution is 2.34. The van der Waals surface area contributed by atoms with Crippen LogP contribution in [0.4, 0.5) is 14.6 Å². The molecule has 1 unspecified atom stereocenters.